The molecule has 5 rings (SSSR count). The molecule has 3 aromatic heterocycles. The van der Waals surface area contributed by atoms with Crippen molar-refractivity contribution in [2.24, 2.45) is 5.92 Å². The van der Waals surface area contributed by atoms with E-state index in [4.69, 9.17) is 10.4 Å². The van der Waals surface area contributed by atoms with Gasteiger partial charge in [0.25, 0.3) is 0 Å². The van der Waals surface area contributed by atoms with Crippen LogP contribution in [0.2, 0.25) is 0 Å². The average molecular weight is 409 g/mol. The van der Waals surface area contributed by atoms with Crippen molar-refractivity contribution in [2.45, 2.75) is 39.7 Å². The summed E-state index contributed by atoms with van der Waals surface area (Å²) >= 11 is 0. The van der Waals surface area contributed by atoms with Crippen molar-refractivity contribution in [1.82, 2.24) is 29.5 Å². The molecule has 0 unspecified atom stereocenters. The summed E-state index contributed by atoms with van der Waals surface area (Å²) in [4.78, 5) is 8.90. The van der Waals surface area contributed by atoms with Gasteiger partial charge in [-0.05, 0) is 56.4 Å². The van der Waals surface area contributed by atoms with E-state index in [-0.39, 0.29) is 0 Å². The number of nitriles is 1. The van der Waals surface area contributed by atoms with Crippen LogP contribution in [0.4, 0.5) is 0 Å². The molecule has 0 spiro atoms. The molecule has 1 aromatic carbocycles. The smallest absolute Gasteiger partial charge is 0.156 e. The van der Waals surface area contributed by atoms with E-state index in [1.807, 2.05) is 49.5 Å². The molecular formula is C24H23N7. The Kier molecular flexibility index (Phi) is 4.83. The highest BCUT2D eigenvalue weighted by molar-refractivity contribution is 5.65. The lowest BCUT2D eigenvalue weighted by atomic mass is 10.0. The predicted molar refractivity (Wildman–Crippen MR) is 117 cm³/mol. The number of rotatable bonds is 6. The first-order valence-electron chi connectivity index (χ1n) is 10.5. The van der Waals surface area contributed by atoms with Crippen LogP contribution in [0.3, 0.4) is 0 Å². The molecule has 1 fully saturated rings. The van der Waals surface area contributed by atoms with Crippen LogP contribution in [0.1, 0.15) is 41.1 Å². The van der Waals surface area contributed by atoms with Gasteiger partial charge in [-0.2, -0.15) is 15.5 Å². The summed E-state index contributed by atoms with van der Waals surface area (Å²) in [6, 6.07) is 13.8. The predicted octanol–water partition coefficient (Wildman–Crippen LogP) is 4.02. The lowest BCUT2D eigenvalue weighted by Crippen LogP contribution is -2.09. The molecule has 0 amide bonds. The molecule has 1 aliphatic rings. The molecule has 0 atom stereocenters. The molecule has 0 bridgehead atoms. The highest BCUT2D eigenvalue weighted by atomic mass is 15.3. The topological polar surface area (TPSA) is 85.2 Å². The van der Waals surface area contributed by atoms with Gasteiger partial charge in [0, 0.05) is 36.5 Å². The van der Waals surface area contributed by atoms with Crippen molar-refractivity contribution in [3.63, 3.8) is 0 Å². The van der Waals surface area contributed by atoms with Crippen molar-refractivity contribution in [3.05, 3.63) is 77.1 Å². The molecule has 7 heteroatoms. The molecule has 1 saturated carbocycles. The molecule has 31 heavy (non-hydrogen) atoms. The second kappa shape index (κ2) is 7.80. The zero-order valence-corrected chi connectivity index (χ0v) is 17.7. The standard InChI is InChI=1S/C24H23N7/c1-16-9-10-30(28-16)23-12-21(26-15-27-23)11-22-17(2)24(29-31(22)14-19-3-4-19)20-7-5-18(13-25)6-8-20/h5-10,12,15,19H,3-4,11,14H2,1-2H3. The first-order chi connectivity index (χ1) is 15.1. The van der Waals surface area contributed by atoms with E-state index in [0.717, 1.165) is 40.6 Å². The van der Waals surface area contributed by atoms with E-state index in [9.17, 15) is 0 Å². The summed E-state index contributed by atoms with van der Waals surface area (Å²) < 4.78 is 3.93. The number of benzene rings is 1. The lowest BCUT2D eigenvalue weighted by Gasteiger charge is -2.08. The van der Waals surface area contributed by atoms with Gasteiger partial charge in [0.15, 0.2) is 5.82 Å². The zero-order valence-electron chi connectivity index (χ0n) is 17.7. The SMILES string of the molecule is Cc1ccn(-c2cc(Cc3c(C)c(-c4ccc(C#N)cc4)nn3CC3CC3)ncn2)n1. The Morgan fingerprint density at radius 2 is 1.87 bits per heavy atom. The van der Waals surface area contributed by atoms with Crippen molar-refractivity contribution in [2.75, 3.05) is 0 Å². The normalized spacial score (nSPS) is 13.3. The van der Waals surface area contributed by atoms with Crippen molar-refractivity contribution in [3.8, 4) is 23.1 Å². The Labute approximate surface area is 181 Å². The molecule has 7 nitrogen and oxygen atoms in total. The van der Waals surface area contributed by atoms with E-state index in [0.29, 0.717) is 17.9 Å². The maximum absolute atomic E-state index is 9.09. The molecular weight excluding hydrogens is 386 g/mol. The highest BCUT2D eigenvalue weighted by Crippen LogP contribution is 2.33. The summed E-state index contributed by atoms with van der Waals surface area (Å²) in [7, 11) is 0. The number of aromatic nitrogens is 6. The minimum atomic E-state index is 0.654. The van der Waals surface area contributed by atoms with Crippen molar-refractivity contribution < 1.29 is 0 Å². The van der Waals surface area contributed by atoms with E-state index < -0.39 is 0 Å². The van der Waals surface area contributed by atoms with Gasteiger partial charge >= 0.3 is 0 Å². The Bertz CT molecular complexity index is 1270. The molecule has 4 aromatic rings. The number of hydrogen-bond acceptors (Lipinski definition) is 5. The van der Waals surface area contributed by atoms with Crippen LogP contribution in [0.15, 0.2) is 48.9 Å². The summed E-state index contributed by atoms with van der Waals surface area (Å²) in [5.41, 5.74) is 6.87. The van der Waals surface area contributed by atoms with Gasteiger partial charge in [-0.3, -0.25) is 4.68 Å². The quantitative estimate of drug-likeness (QED) is 0.480. The minimum absolute atomic E-state index is 0.654. The monoisotopic (exact) mass is 409 g/mol. The van der Waals surface area contributed by atoms with Crippen LogP contribution in [0.5, 0.6) is 0 Å². The van der Waals surface area contributed by atoms with E-state index in [1.54, 1.807) is 11.0 Å². The molecule has 3 heterocycles. The van der Waals surface area contributed by atoms with Gasteiger partial charge in [-0.1, -0.05) is 12.1 Å². The average Bonchev–Trinajstić information content (AvgIpc) is 3.43. The Morgan fingerprint density at radius 3 is 2.55 bits per heavy atom. The fraction of sp³-hybridized carbons (Fsp3) is 0.292. The third-order valence-corrected chi connectivity index (χ3v) is 5.75. The summed E-state index contributed by atoms with van der Waals surface area (Å²) in [5, 5.41) is 18.5. The molecule has 0 N–H and O–H groups in total. The molecule has 0 aliphatic heterocycles. The van der Waals surface area contributed by atoms with Crippen LogP contribution in [-0.4, -0.2) is 29.5 Å². The van der Waals surface area contributed by atoms with Gasteiger partial charge < -0.3 is 0 Å². The van der Waals surface area contributed by atoms with Gasteiger partial charge in [-0.15, -0.1) is 0 Å². The number of aryl methyl sites for hydroxylation is 1. The lowest BCUT2D eigenvalue weighted by molar-refractivity contribution is 0.544. The molecule has 0 radical (unpaired) electrons. The van der Waals surface area contributed by atoms with Gasteiger partial charge in [0.1, 0.15) is 6.33 Å². The number of nitrogens with zero attached hydrogens (tertiary/aromatic N) is 7. The third kappa shape index (κ3) is 3.97. The van der Waals surface area contributed by atoms with Gasteiger partial charge in [0.2, 0.25) is 0 Å². The van der Waals surface area contributed by atoms with Gasteiger partial charge in [-0.25, -0.2) is 14.6 Å². The minimum Gasteiger partial charge on any atom is -0.268 e. The van der Waals surface area contributed by atoms with Crippen LogP contribution in [0, 0.1) is 31.1 Å². The largest absolute Gasteiger partial charge is 0.268 e. The Morgan fingerprint density at radius 1 is 1.06 bits per heavy atom. The highest BCUT2D eigenvalue weighted by Gasteiger charge is 2.25. The first-order valence-corrected chi connectivity index (χ1v) is 10.5. The fourth-order valence-electron chi connectivity index (χ4n) is 3.80. The molecule has 0 saturated heterocycles. The van der Waals surface area contributed by atoms with Crippen LogP contribution >= 0.6 is 0 Å². The first kappa shape index (κ1) is 19.2. The second-order valence-electron chi connectivity index (χ2n) is 8.18. The summed E-state index contributed by atoms with van der Waals surface area (Å²) in [6.07, 6.45) is 6.71. The molecule has 154 valence electrons. The Balaban J connectivity index is 1.50. The maximum atomic E-state index is 9.09. The zero-order chi connectivity index (χ0) is 21.4. The van der Waals surface area contributed by atoms with Crippen molar-refractivity contribution in [1.29, 1.82) is 5.26 Å². The summed E-state index contributed by atoms with van der Waals surface area (Å²) in [5.74, 6) is 1.47. The number of hydrogen-bond donors (Lipinski definition) is 0. The fourth-order valence-corrected chi connectivity index (χ4v) is 3.80. The summed E-state index contributed by atoms with van der Waals surface area (Å²) in [6.45, 7) is 5.02. The Hall–Kier alpha value is -3.79. The van der Waals surface area contributed by atoms with Crippen molar-refractivity contribution >= 4 is 0 Å². The maximum Gasteiger partial charge on any atom is 0.156 e. The molecule has 1 aliphatic carbocycles. The van der Waals surface area contributed by atoms with Crippen LogP contribution < -0.4 is 0 Å². The van der Waals surface area contributed by atoms with E-state index >= 15 is 0 Å². The van der Waals surface area contributed by atoms with Crippen LogP contribution in [0.25, 0.3) is 17.1 Å². The van der Waals surface area contributed by atoms with E-state index in [2.05, 4.69) is 32.7 Å². The van der Waals surface area contributed by atoms with Gasteiger partial charge in [0.05, 0.1) is 28.7 Å². The third-order valence-electron chi connectivity index (χ3n) is 5.75. The van der Waals surface area contributed by atoms with Crippen LogP contribution in [-0.2, 0) is 13.0 Å². The second-order valence-corrected chi connectivity index (χ2v) is 8.18. The van der Waals surface area contributed by atoms with E-state index in [1.165, 1.54) is 18.5 Å².